The molecule has 1 fully saturated rings. The van der Waals surface area contributed by atoms with Crippen LogP contribution >= 0.6 is 0 Å². The number of hydrogen-bond acceptors (Lipinski definition) is 2. The van der Waals surface area contributed by atoms with Crippen LogP contribution in [0.15, 0.2) is 30.3 Å². The fourth-order valence-corrected chi connectivity index (χ4v) is 1.33. The van der Waals surface area contributed by atoms with Crippen molar-refractivity contribution in [3.63, 3.8) is 0 Å². The standard InChI is InChI=1S/C11H12O2/c12-10-6-7-11(10)13-8-9-4-2-1-3-5-9/h1-5,11H,6-8H2/t11-/m0/s1. The molecule has 0 N–H and O–H groups in total. The lowest BCUT2D eigenvalue weighted by molar-refractivity contribution is -0.141. The summed E-state index contributed by atoms with van der Waals surface area (Å²) in [5, 5.41) is 0. The Labute approximate surface area is 77.5 Å². The normalized spacial score (nSPS) is 21.2. The van der Waals surface area contributed by atoms with Crippen molar-refractivity contribution in [3.05, 3.63) is 35.9 Å². The zero-order chi connectivity index (χ0) is 9.10. The van der Waals surface area contributed by atoms with E-state index in [1.165, 1.54) is 0 Å². The van der Waals surface area contributed by atoms with Crippen LogP contribution in [0.25, 0.3) is 0 Å². The van der Waals surface area contributed by atoms with Gasteiger partial charge in [0, 0.05) is 6.42 Å². The van der Waals surface area contributed by atoms with Crippen LogP contribution in [-0.4, -0.2) is 11.9 Å². The van der Waals surface area contributed by atoms with Crippen LogP contribution in [0, 0.1) is 0 Å². The van der Waals surface area contributed by atoms with Gasteiger partial charge in [-0.2, -0.15) is 0 Å². The molecule has 1 aromatic rings. The molecule has 1 aromatic carbocycles. The van der Waals surface area contributed by atoms with Crippen molar-refractivity contribution in [2.24, 2.45) is 0 Å². The highest BCUT2D eigenvalue weighted by Gasteiger charge is 2.28. The summed E-state index contributed by atoms with van der Waals surface area (Å²) in [6.45, 7) is 0.553. The quantitative estimate of drug-likeness (QED) is 0.703. The second-order valence-electron chi connectivity index (χ2n) is 3.29. The SMILES string of the molecule is O=C1CC[C@@H]1OCc1ccccc1. The van der Waals surface area contributed by atoms with Crippen molar-refractivity contribution < 1.29 is 9.53 Å². The summed E-state index contributed by atoms with van der Waals surface area (Å²) in [6, 6.07) is 9.92. The van der Waals surface area contributed by atoms with Crippen molar-refractivity contribution in [1.82, 2.24) is 0 Å². The molecule has 1 saturated carbocycles. The van der Waals surface area contributed by atoms with E-state index < -0.39 is 0 Å². The maximum absolute atomic E-state index is 10.9. The Morgan fingerprint density at radius 3 is 2.62 bits per heavy atom. The smallest absolute Gasteiger partial charge is 0.161 e. The van der Waals surface area contributed by atoms with E-state index in [0.717, 1.165) is 12.0 Å². The Bertz CT molecular complexity index is 292. The Morgan fingerprint density at radius 2 is 2.08 bits per heavy atom. The predicted octanol–water partition coefficient (Wildman–Crippen LogP) is 1.93. The molecule has 2 nitrogen and oxygen atoms in total. The average Bonchev–Trinajstić information content (AvgIpc) is 2.17. The molecule has 2 heteroatoms. The molecule has 0 radical (unpaired) electrons. The van der Waals surface area contributed by atoms with Crippen molar-refractivity contribution in [1.29, 1.82) is 0 Å². The second kappa shape index (κ2) is 3.71. The minimum Gasteiger partial charge on any atom is -0.366 e. The third-order valence-corrected chi connectivity index (χ3v) is 2.31. The topological polar surface area (TPSA) is 26.3 Å². The zero-order valence-corrected chi connectivity index (χ0v) is 7.40. The van der Waals surface area contributed by atoms with E-state index in [4.69, 9.17) is 4.74 Å². The molecule has 1 aliphatic carbocycles. The minimum atomic E-state index is -0.125. The first-order valence-corrected chi connectivity index (χ1v) is 4.54. The lowest BCUT2D eigenvalue weighted by Crippen LogP contribution is -2.33. The number of hydrogen-bond donors (Lipinski definition) is 0. The molecular weight excluding hydrogens is 164 g/mol. The number of carbonyl (C=O) groups excluding carboxylic acids is 1. The molecule has 0 saturated heterocycles. The Balaban J connectivity index is 1.83. The van der Waals surface area contributed by atoms with Gasteiger partial charge in [0.1, 0.15) is 6.10 Å². The number of rotatable bonds is 3. The van der Waals surface area contributed by atoms with Crippen molar-refractivity contribution in [2.75, 3.05) is 0 Å². The molecule has 1 atom stereocenters. The molecular formula is C11H12O2. The number of carbonyl (C=O) groups is 1. The van der Waals surface area contributed by atoms with Gasteiger partial charge in [-0.15, -0.1) is 0 Å². The van der Waals surface area contributed by atoms with Crippen molar-refractivity contribution in [3.8, 4) is 0 Å². The van der Waals surface area contributed by atoms with Crippen LogP contribution < -0.4 is 0 Å². The van der Waals surface area contributed by atoms with Crippen LogP contribution in [0.4, 0.5) is 0 Å². The number of ketones is 1. The van der Waals surface area contributed by atoms with E-state index in [-0.39, 0.29) is 11.9 Å². The summed E-state index contributed by atoms with van der Waals surface area (Å²) in [5.74, 6) is 0.246. The van der Waals surface area contributed by atoms with Gasteiger partial charge in [-0.25, -0.2) is 0 Å². The largest absolute Gasteiger partial charge is 0.366 e. The van der Waals surface area contributed by atoms with Gasteiger partial charge in [-0.3, -0.25) is 4.79 Å². The Morgan fingerprint density at radius 1 is 1.31 bits per heavy atom. The molecule has 2 rings (SSSR count). The van der Waals surface area contributed by atoms with Gasteiger partial charge >= 0.3 is 0 Å². The molecule has 0 spiro atoms. The first-order chi connectivity index (χ1) is 6.36. The maximum atomic E-state index is 10.9. The van der Waals surface area contributed by atoms with Gasteiger partial charge in [0.2, 0.25) is 0 Å². The molecule has 0 aromatic heterocycles. The third kappa shape index (κ3) is 1.95. The van der Waals surface area contributed by atoms with E-state index >= 15 is 0 Å². The monoisotopic (exact) mass is 176 g/mol. The number of Topliss-reactive ketones (excluding diaryl/α,β-unsaturated/α-hetero) is 1. The van der Waals surface area contributed by atoms with Crippen molar-refractivity contribution in [2.45, 2.75) is 25.6 Å². The molecule has 0 bridgehead atoms. The minimum absolute atomic E-state index is 0.125. The Hall–Kier alpha value is -1.15. The molecule has 0 aliphatic heterocycles. The van der Waals surface area contributed by atoms with Gasteiger partial charge in [0.05, 0.1) is 6.61 Å². The van der Waals surface area contributed by atoms with E-state index in [9.17, 15) is 4.79 Å². The van der Waals surface area contributed by atoms with Gasteiger partial charge in [-0.1, -0.05) is 30.3 Å². The van der Waals surface area contributed by atoms with Gasteiger partial charge < -0.3 is 4.74 Å². The van der Waals surface area contributed by atoms with Crippen LogP contribution in [0.5, 0.6) is 0 Å². The highest BCUT2D eigenvalue weighted by atomic mass is 16.5. The van der Waals surface area contributed by atoms with E-state index in [1.54, 1.807) is 0 Å². The summed E-state index contributed by atoms with van der Waals surface area (Å²) in [4.78, 5) is 10.9. The summed E-state index contributed by atoms with van der Waals surface area (Å²) in [5.41, 5.74) is 1.13. The first-order valence-electron chi connectivity index (χ1n) is 4.54. The molecule has 0 unspecified atom stereocenters. The third-order valence-electron chi connectivity index (χ3n) is 2.31. The van der Waals surface area contributed by atoms with Crippen LogP contribution in [-0.2, 0) is 16.1 Å². The fraction of sp³-hybridized carbons (Fsp3) is 0.364. The molecule has 1 aliphatic rings. The van der Waals surface area contributed by atoms with Gasteiger partial charge in [0.25, 0.3) is 0 Å². The zero-order valence-electron chi connectivity index (χ0n) is 7.40. The number of ether oxygens (including phenoxy) is 1. The van der Waals surface area contributed by atoms with Crippen LogP contribution in [0.3, 0.4) is 0 Å². The van der Waals surface area contributed by atoms with E-state index in [1.807, 2.05) is 30.3 Å². The highest BCUT2D eigenvalue weighted by molar-refractivity contribution is 5.88. The summed E-state index contributed by atoms with van der Waals surface area (Å²) in [6.07, 6.45) is 1.46. The number of benzene rings is 1. The van der Waals surface area contributed by atoms with Crippen LogP contribution in [0.2, 0.25) is 0 Å². The van der Waals surface area contributed by atoms with E-state index in [0.29, 0.717) is 13.0 Å². The molecule has 68 valence electrons. The molecule has 0 heterocycles. The van der Waals surface area contributed by atoms with Gasteiger partial charge in [-0.05, 0) is 12.0 Å². The van der Waals surface area contributed by atoms with Gasteiger partial charge in [0.15, 0.2) is 5.78 Å². The first kappa shape index (κ1) is 8.45. The maximum Gasteiger partial charge on any atom is 0.161 e. The second-order valence-corrected chi connectivity index (χ2v) is 3.29. The lowest BCUT2D eigenvalue weighted by Gasteiger charge is -2.23. The fourth-order valence-electron chi connectivity index (χ4n) is 1.33. The highest BCUT2D eigenvalue weighted by Crippen LogP contribution is 2.19. The lowest BCUT2D eigenvalue weighted by atomic mass is 9.94. The van der Waals surface area contributed by atoms with Crippen LogP contribution in [0.1, 0.15) is 18.4 Å². The summed E-state index contributed by atoms with van der Waals surface area (Å²) < 4.78 is 5.43. The van der Waals surface area contributed by atoms with E-state index in [2.05, 4.69) is 0 Å². The summed E-state index contributed by atoms with van der Waals surface area (Å²) in [7, 11) is 0. The average molecular weight is 176 g/mol. The predicted molar refractivity (Wildman–Crippen MR) is 49.3 cm³/mol. The summed E-state index contributed by atoms with van der Waals surface area (Å²) >= 11 is 0. The molecule has 13 heavy (non-hydrogen) atoms. The Kier molecular flexibility index (Phi) is 2.41. The molecule has 0 amide bonds. The van der Waals surface area contributed by atoms with Crippen molar-refractivity contribution >= 4 is 5.78 Å².